The third-order valence-corrected chi connectivity index (χ3v) is 1.87. The summed E-state index contributed by atoms with van der Waals surface area (Å²) in [5, 5.41) is 12.0. The fourth-order valence-corrected chi connectivity index (χ4v) is 1.18. The van der Waals surface area contributed by atoms with Gasteiger partial charge in [0.15, 0.2) is 0 Å². The van der Waals surface area contributed by atoms with Crippen molar-refractivity contribution in [2.45, 2.75) is 25.0 Å². The zero-order chi connectivity index (χ0) is 8.27. The van der Waals surface area contributed by atoms with Crippen LogP contribution in [0.2, 0.25) is 0 Å². The summed E-state index contributed by atoms with van der Waals surface area (Å²) in [5.74, 6) is -0.239. The molecular formula is C7H14ClNO3. The maximum Gasteiger partial charge on any atom is 0.322 e. The maximum absolute atomic E-state index is 10.9. The number of hydrogen-bond donors (Lipinski definition) is 2. The maximum atomic E-state index is 10.9. The molecule has 1 aliphatic heterocycles. The Morgan fingerprint density at radius 1 is 1.58 bits per heavy atom. The van der Waals surface area contributed by atoms with Gasteiger partial charge < -0.3 is 15.2 Å². The highest BCUT2D eigenvalue weighted by Gasteiger charge is 2.24. The fourth-order valence-electron chi connectivity index (χ4n) is 1.18. The topological polar surface area (TPSA) is 58.6 Å². The Kier molecular flexibility index (Phi) is 5.20. The van der Waals surface area contributed by atoms with E-state index in [-0.39, 0.29) is 30.5 Å². The Hall–Kier alpha value is -0.320. The molecule has 2 atom stereocenters. The number of rotatable bonds is 1. The first kappa shape index (κ1) is 11.7. The van der Waals surface area contributed by atoms with Gasteiger partial charge in [0.1, 0.15) is 6.04 Å². The highest BCUT2D eigenvalue weighted by Crippen LogP contribution is 2.08. The minimum atomic E-state index is -0.309. The average molecular weight is 196 g/mol. The van der Waals surface area contributed by atoms with E-state index in [4.69, 9.17) is 5.11 Å². The van der Waals surface area contributed by atoms with E-state index in [9.17, 15) is 4.79 Å². The number of aliphatic hydroxyl groups excluding tert-OH is 1. The Morgan fingerprint density at radius 2 is 2.25 bits per heavy atom. The van der Waals surface area contributed by atoms with Crippen LogP contribution in [0.5, 0.6) is 0 Å². The van der Waals surface area contributed by atoms with E-state index in [1.165, 1.54) is 7.11 Å². The summed E-state index contributed by atoms with van der Waals surface area (Å²) in [5.41, 5.74) is 0. The average Bonchev–Trinajstić information content (AvgIpc) is 2.05. The second-order valence-corrected chi connectivity index (χ2v) is 2.72. The minimum absolute atomic E-state index is 0. The van der Waals surface area contributed by atoms with Crippen molar-refractivity contribution in [3.05, 3.63) is 0 Å². The second-order valence-electron chi connectivity index (χ2n) is 2.72. The first-order chi connectivity index (χ1) is 5.24. The Balaban J connectivity index is 0.00000121. The SMILES string of the molecule is COC(=O)C1CCC(O)CN1.Cl. The predicted octanol–water partition coefficient (Wildman–Crippen LogP) is -0.306. The number of carbonyl (C=O) groups is 1. The van der Waals surface area contributed by atoms with Gasteiger partial charge in [0, 0.05) is 6.54 Å². The van der Waals surface area contributed by atoms with Crippen molar-refractivity contribution in [1.82, 2.24) is 5.32 Å². The summed E-state index contributed by atoms with van der Waals surface area (Å²) in [6, 6.07) is -0.219. The van der Waals surface area contributed by atoms with Gasteiger partial charge in [0.05, 0.1) is 13.2 Å². The molecule has 2 N–H and O–H groups in total. The zero-order valence-corrected chi connectivity index (χ0v) is 7.76. The Labute approximate surface area is 77.7 Å². The summed E-state index contributed by atoms with van der Waals surface area (Å²) >= 11 is 0. The second kappa shape index (κ2) is 5.35. The quantitative estimate of drug-likeness (QED) is 0.564. The van der Waals surface area contributed by atoms with Gasteiger partial charge in [-0.2, -0.15) is 0 Å². The van der Waals surface area contributed by atoms with Gasteiger partial charge in [-0.15, -0.1) is 12.4 Å². The lowest BCUT2D eigenvalue weighted by Crippen LogP contribution is -2.46. The van der Waals surface area contributed by atoms with Crippen LogP contribution in [-0.4, -0.2) is 36.9 Å². The number of aliphatic hydroxyl groups is 1. The first-order valence-electron chi connectivity index (χ1n) is 3.73. The molecule has 0 aromatic rings. The summed E-state index contributed by atoms with van der Waals surface area (Å²) in [4.78, 5) is 10.9. The monoisotopic (exact) mass is 195 g/mol. The van der Waals surface area contributed by atoms with Crippen LogP contribution in [0.15, 0.2) is 0 Å². The third kappa shape index (κ3) is 2.97. The van der Waals surface area contributed by atoms with E-state index in [0.717, 1.165) is 0 Å². The van der Waals surface area contributed by atoms with Crippen LogP contribution in [-0.2, 0) is 9.53 Å². The summed E-state index contributed by atoms with van der Waals surface area (Å²) in [6.07, 6.45) is 1.02. The van der Waals surface area contributed by atoms with Crippen LogP contribution >= 0.6 is 12.4 Å². The lowest BCUT2D eigenvalue weighted by Gasteiger charge is -2.24. The van der Waals surface area contributed by atoms with Gasteiger partial charge in [-0.05, 0) is 12.8 Å². The van der Waals surface area contributed by atoms with Crippen molar-refractivity contribution in [2.75, 3.05) is 13.7 Å². The van der Waals surface area contributed by atoms with E-state index in [1.807, 2.05) is 0 Å². The molecule has 0 spiro atoms. The molecule has 5 heteroatoms. The molecule has 0 saturated carbocycles. The molecule has 0 bridgehead atoms. The van der Waals surface area contributed by atoms with E-state index in [0.29, 0.717) is 19.4 Å². The normalized spacial score (nSPS) is 28.8. The third-order valence-electron chi connectivity index (χ3n) is 1.87. The van der Waals surface area contributed by atoms with Crippen LogP contribution < -0.4 is 5.32 Å². The molecule has 4 nitrogen and oxygen atoms in total. The highest BCUT2D eigenvalue weighted by atomic mass is 35.5. The number of carbonyl (C=O) groups excluding carboxylic acids is 1. The molecule has 0 aliphatic carbocycles. The van der Waals surface area contributed by atoms with Crippen LogP contribution in [0.25, 0.3) is 0 Å². The van der Waals surface area contributed by atoms with Gasteiger partial charge in [-0.25, -0.2) is 0 Å². The van der Waals surface area contributed by atoms with Crippen LogP contribution in [0.1, 0.15) is 12.8 Å². The molecule has 12 heavy (non-hydrogen) atoms. The van der Waals surface area contributed by atoms with Crippen molar-refractivity contribution in [2.24, 2.45) is 0 Å². The predicted molar refractivity (Wildman–Crippen MR) is 46.3 cm³/mol. The van der Waals surface area contributed by atoms with Crippen LogP contribution in [0, 0.1) is 0 Å². The number of β-amino-alcohol motifs (C(OH)–C–C–N with tert-alkyl or cyclic N) is 1. The largest absolute Gasteiger partial charge is 0.468 e. The first-order valence-corrected chi connectivity index (χ1v) is 3.73. The smallest absolute Gasteiger partial charge is 0.322 e. The number of hydrogen-bond acceptors (Lipinski definition) is 4. The highest BCUT2D eigenvalue weighted by molar-refractivity contribution is 5.85. The molecule has 72 valence electrons. The molecular weight excluding hydrogens is 182 g/mol. The number of piperidine rings is 1. The lowest BCUT2D eigenvalue weighted by molar-refractivity contribution is -0.144. The van der Waals surface area contributed by atoms with E-state index >= 15 is 0 Å². The van der Waals surface area contributed by atoms with Gasteiger partial charge in [-0.1, -0.05) is 0 Å². The van der Waals surface area contributed by atoms with Crippen molar-refractivity contribution in [1.29, 1.82) is 0 Å². The summed E-state index contributed by atoms with van der Waals surface area (Å²) in [7, 11) is 1.37. The number of ether oxygens (including phenoxy) is 1. The molecule has 0 aromatic carbocycles. The Morgan fingerprint density at radius 3 is 2.67 bits per heavy atom. The van der Waals surface area contributed by atoms with Gasteiger partial charge in [-0.3, -0.25) is 4.79 Å². The van der Waals surface area contributed by atoms with E-state index < -0.39 is 0 Å². The van der Waals surface area contributed by atoms with Crippen molar-refractivity contribution in [3.63, 3.8) is 0 Å². The van der Waals surface area contributed by atoms with Crippen molar-refractivity contribution >= 4 is 18.4 Å². The molecule has 1 rings (SSSR count). The van der Waals surface area contributed by atoms with Crippen molar-refractivity contribution < 1.29 is 14.6 Å². The number of methoxy groups -OCH3 is 1. The Bertz CT molecular complexity index is 146. The minimum Gasteiger partial charge on any atom is -0.468 e. The molecule has 0 aromatic heterocycles. The molecule has 2 unspecified atom stereocenters. The zero-order valence-electron chi connectivity index (χ0n) is 6.95. The fraction of sp³-hybridized carbons (Fsp3) is 0.857. The van der Waals surface area contributed by atoms with Gasteiger partial charge in [0.2, 0.25) is 0 Å². The summed E-state index contributed by atoms with van der Waals surface area (Å²) < 4.78 is 4.54. The lowest BCUT2D eigenvalue weighted by atomic mass is 10.0. The summed E-state index contributed by atoms with van der Waals surface area (Å²) in [6.45, 7) is 0.486. The number of esters is 1. The van der Waals surface area contributed by atoms with E-state index in [1.54, 1.807) is 0 Å². The number of halogens is 1. The van der Waals surface area contributed by atoms with E-state index in [2.05, 4.69) is 10.1 Å². The standard InChI is InChI=1S/C7H13NO3.ClH/c1-11-7(10)6-3-2-5(9)4-8-6;/h5-6,8-9H,2-4H2,1H3;1H. The molecule has 0 radical (unpaired) electrons. The molecule has 1 aliphatic rings. The van der Waals surface area contributed by atoms with Crippen LogP contribution in [0.3, 0.4) is 0 Å². The van der Waals surface area contributed by atoms with Gasteiger partial charge in [0.25, 0.3) is 0 Å². The molecule has 1 heterocycles. The number of nitrogens with one attached hydrogen (secondary N) is 1. The molecule has 1 fully saturated rings. The molecule has 1 saturated heterocycles. The van der Waals surface area contributed by atoms with Crippen LogP contribution in [0.4, 0.5) is 0 Å². The molecule has 0 amide bonds. The van der Waals surface area contributed by atoms with Crippen molar-refractivity contribution in [3.8, 4) is 0 Å². The van der Waals surface area contributed by atoms with Gasteiger partial charge >= 0.3 is 5.97 Å².